The highest BCUT2D eigenvalue weighted by atomic mass is 16.6. The molecule has 0 aromatic carbocycles. The lowest BCUT2D eigenvalue weighted by molar-refractivity contribution is -0.254. The van der Waals surface area contributed by atoms with Crippen LogP contribution in [-0.4, -0.2) is 57.6 Å². The van der Waals surface area contributed by atoms with Crippen molar-refractivity contribution in [1.82, 2.24) is 0 Å². The van der Waals surface area contributed by atoms with Crippen LogP contribution in [0, 0.1) is 11.8 Å². The van der Waals surface area contributed by atoms with Crippen molar-refractivity contribution >= 4 is 6.29 Å². The minimum Gasteiger partial charge on any atom is -0.380 e. The number of hydrogen-bond acceptors (Lipinski definition) is 5. The molecule has 27 heavy (non-hydrogen) atoms. The van der Waals surface area contributed by atoms with E-state index in [1.54, 1.807) is 7.11 Å². The number of hydrogen-bond donors (Lipinski definition) is 0. The molecule has 154 valence electrons. The standard InChI is InChI=1S/C19H28O5.C3H8/c1-21-11-14-12(10-20)4-5-15-13(14)6-7-18(22-2)8-16-17(24-16)9-19(15,18)23-3;1-3-2/h10,13,15-17H,4-9,11H2,1-3H3;3H2,1-2H3/t13?,15?,16?,17?,18-,19-;/m1./s1. The molecular weight excluding hydrogens is 344 g/mol. The van der Waals surface area contributed by atoms with E-state index < -0.39 is 0 Å². The Bertz CT molecular complexity index is 573. The predicted octanol–water partition coefficient (Wildman–Crippen LogP) is 3.70. The summed E-state index contributed by atoms with van der Waals surface area (Å²) in [6.45, 7) is 4.79. The maximum Gasteiger partial charge on any atom is 0.146 e. The van der Waals surface area contributed by atoms with Gasteiger partial charge in [-0.3, -0.25) is 4.79 Å². The summed E-state index contributed by atoms with van der Waals surface area (Å²) < 4.78 is 23.7. The summed E-state index contributed by atoms with van der Waals surface area (Å²) in [5, 5.41) is 0. The summed E-state index contributed by atoms with van der Waals surface area (Å²) in [7, 11) is 5.35. The first-order valence-electron chi connectivity index (χ1n) is 10.5. The highest BCUT2D eigenvalue weighted by Crippen LogP contribution is 2.62. The summed E-state index contributed by atoms with van der Waals surface area (Å²) in [6.07, 6.45) is 8.52. The fraction of sp³-hybridized carbons (Fsp3) is 0.864. The molecule has 0 aromatic rings. The number of allylic oxidation sites excluding steroid dienone is 1. The van der Waals surface area contributed by atoms with Gasteiger partial charge in [-0.25, -0.2) is 0 Å². The zero-order chi connectivity index (χ0) is 19.7. The Morgan fingerprint density at radius 1 is 1.11 bits per heavy atom. The molecule has 1 heterocycles. The molecule has 4 rings (SSSR count). The summed E-state index contributed by atoms with van der Waals surface area (Å²) in [5.41, 5.74) is 1.53. The summed E-state index contributed by atoms with van der Waals surface area (Å²) in [6, 6.07) is 0. The van der Waals surface area contributed by atoms with Crippen LogP contribution in [-0.2, 0) is 23.7 Å². The molecule has 3 aliphatic carbocycles. The van der Waals surface area contributed by atoms with Gasteiger partial charge in [0.15, 0.2) is 0 Å². The first-order valence-corrected chi connectivity index (χ1v) is 10.5. The minimum atomic E-state index is -0.324. The molecule has 0 spiro atoms. The molecule has 4 unspecified atom stereocenters. The van der Waals surface area contributed by atoms with Crippen LogP contribution >= 0.6 is 0 Å². The Hall–Kier alpha value is -0.750. The maximum absolute atomic E-state index is 11.5. The van der Waals surface area contributed by atoms with Crippen molar-refractivity contribution in [2.24, 2.45) is 11.8 Å². The van der Waals surface area contributed by atoms with Crippen LogP contribution in [0.5, 0.6) is 0 Å². The second-order valence-electron chi connectivity index (χ2n) is 8.51. The van der Waals surface area contributed by atoms with E-state index in [1.807, 2.05) is 14.2 Å². The van der Waals surface area contributed by atoms with Crippen molar-refractivity contribution in [2.75, 3.05) is 27.9 Å². The molecule has 0 aromatic heterocycles. The van der Waals surface area contributed by atoms with E-state index in [0.717, 1.165) is 50.4 Å². The van der Waals surface area contributed by atoms with E-state index in [4.69, 9.17) is 18.9 Å². The first-order chi connectivity index (χ1) is 13.1. The first kappa shape index (κ1) is 21.0. The predicted molar refractivity (Wildman–Crippen MR) is 104 cm³/mol. The van der Waals surface area contributed by atoms with Crippen molar-refractivity contribution < 1.29 is 23.7 Å². The van der Waals surface area contributed by atoms with Crippen molar-refractivity contribution in [3.63, 3.8) is 0 Å². The molecule has 1 saturated heterocycles. The normalized spacial score (nSPS) is 42.3. The number of methoxy groups -OCH3 is 3. The SMILES string of the molecule is CCC.COCC1=C(C=O)CCC2C1CC[C@@]1(OC)CC3OC3C[C@@]21OC. The Balaban J connectivity index is 0.000000659. The fourth-order valence-corrected chi connectivity index (χ4v) is 6.07. The van der Waals surface area contributed by atoms with Gasteiger partial charge in [-0.15, -0.1) is 0 Å². The van der Waals surface area contributed by atoms with Crippen LogP contribution in [0.15, 0.2) is 11.1 Å². The van der Waals surface area contributed by atoms with Crippen molar-refractivity contribution in [3.05, 3.63) is 11.1 Å². The highest BCUT2D eigenvalue weighted by molar-refractivity contribution is 5.75. The van der Waals surface area contributed by atoms with Gasteiger partial charge in [-0.2, -0.15) is 0 Å². The van der Waals surface area contributed by atoms with Crippen LogP contribution in [0.1, 0.15) is 58.8 Å². The van der Waals surface area contributed by atoms with E-state index in [1.165, 1.54) is 12.0 Å². The number of ether oxygens (including phenoxy) is 4. The molecule has 1 aliphatic heterocycles. The quantitative estimate of drug-likeness (QED) is 0.538. The molecule has 0 amide bonds. The largest absolute Gasteiger partial charge is 0.380 e. The minimum absolute atomic E-state index is 0.266. The second kappa shape index (κ2) is 8.32. The second-order valence-corrected chi connectivity index (χ2v) is 8.51. The molecular formula is C22H36O5. The number of epoxide rings is 1. The van der Waals surface area contributed by atoms with Crippen molar-refractivity contribution in [2.45, 2.75) is 82.2 Å². The molecule has 3 fully saturated rings. The van der Waals surface area contributed by atoms with Gasteiger partial charge in [0.2, 0.25) is 0 Å². The van der Waals surface area contributed by atoms with Crippen LogP contribution in [0.4, 0.5) is 0 Å². The van der Waals surface area contributed by atoms with Crippen molar-refractivity contribution in [3.8, 4) is 0 Å². The van der Waals surface area contributed by atoms with E-state index in [-0.39, 0.29) is 11.2 Å². The van der Waals surface area contributed by atoms with Gasteiger partial charge in [0.25, 0.3) is 0 Å². The van der Waals surface area contributed by atoms with E-state index in [9.17, 15) is 4.79 Å². The average molecular weight is 381 g/mol. The third kappa shape index (κ3) is 3.31. The van der Waals surface area contributed by atoms with Gasteiger partial charge in [-0.1, -0.05) is 20.3 Å². The smallest absolute Gasteiger partial charge is 0.146 e. The monoisotopic (exact) mass is 380 g/mol. The Kier molecular flexibility index (Phi) is 6.46. The Labute approximate surface area is 163 Å². The lowest BCUT2D eigenvalue weighted by Gasteiger charge is -2.61. The Morgan fingerprint density at radius 2 is 1.81 bits per heavy atom. The van der Waals surface area contributed by atoms with Crippen molar-refractivity contribution in [1.29, 1.82) is 0 Å². The molecule has 5 heteroatoms. The van der Waals surface area contributed by atoms with E-state index >= 15 is 0 Å². The maximum atomic E-state index is 11.5. The van der Waals surface area contributed by atoms with Gasteiger partial charge in [0.05, 0.1) is 24.4 Å². The zero-order valence-corrected chi connectivity index (χ0v) is 17.6. The van der Waals surface area contributed by atoms with E-state index in [2.05, 4.69) is 13.8 Å². The number of carbonyl (C=O) groups is 1. The van der Waals surface area contributed by atoms with Gasteiger partial charge in [0, 0.05) is 34.2 Å². The van der Waals surface area contributed by atoms with Crippen LogP contribution in [0.3, 0.4) is 0 Å². The number of rotatable bonds is 5. The number of carbonyl (C=O) groups excluding carboxylic acids is 1. The van der Waals surface area contributed by atoms with Gasteiger partial charge >= 0.3 is 0 Å². The van der Waals surface area contributed by atoms with Gasteiger partial charge in [-0.05, 0) is 48.7 Å². The lowest BCUT2D eigenvalue weighted by atomic mass is 9.52. The van der Waals surface area contributed by atoms with Gasteiger partial charge in [0.1, 0.15) is 11.9 Å². The third-order valence-electron chi connectivity index (χ3n) is 7.22. The average Bonchev–Trinajstić information content (AvgIpc) is 3.44. The molecule has 4 aliphatic rings. The summed E-state index contributed by atoms with van der Waals surface area (Å²) in [4.78, 5) is 11.5. The van der Waals surface area contributed by atoms with Gasteiger partial charge < -0.3 is 18.9 Å². The highest BCUT2D eigenvalue weighted by Gasteiger charge is 2.69. The van der Waals surface area contributed by atoms with Crippen LogP contribution in [0.25, 0.3) is 0 Å². The number of aldehydes is 1. The Morgan fingerprint density at radius 3 is 2.41 bits per heavy atom. The van der Waals surface area contributed by atoms with E-state index in [0.29, 0.717) is 30.7 Å². The molecule has 0 bridgehead atoms. The molecule has 5 nitrogen and oxygen atoms in total. The summed E-state index contributed by atoms with van der Waals surface area (Å²) in [5.74, 6) is 0.702. The summed E-state index contributed by atoms with van der Waals surface area (Å²) >= 11 is 0. The van der Waals surface area contributed by atoms with Crippen LogP contribution < -0.4 is 0 Å². The molecule has 2 saturated carbocycles. The molecule has 6 atom stereocenters. The number of fused-ring (bicyclic) bond motifs is 4. The van der Waals surface area contributed by atoms with Crippen LogP contribution in [0.2, 0.25) is 0 Å². The zero-order valence-electron chi connectivity index (χ0n) is 17.6. The lowest BCUT2D eigenvalue weighted by Crippen LogP contribution is -2.68. The molecule has 0 radical (unpaired) electrons. The molecule has 0 N–H and O–H groups in total. The topological polar surface area (TPSA) is 57.3 Å². The third-order valence-corrected chi connectivity index (χ3v) is 7.22. The fourth-order valence-electron chi connectivity index (χ4n) is 6.07.